The topological polar surface area (TPSA) is 93.9 Å². The number of hydrogen-bond donors (Lipinski definition) is 2. The summed E-state index contributed by atoms with van der Waals surface area (Å²) in [6.07, 6.45) is 4.56. The lowest BCUT2D eigenvalue weighted by Crippen LogP contribution is -2.43. The second kappa shape index (κ2) is 15.1. The Balaban J connectivity index is 3.97. The Bertz CT molecular complexity index is 340. The molecule has 1 atom stereocenters. The third-order valence-corrected chi connectivity index (χ3v) is 3.66. The molecular formula is C17H35N3O4. The molecule has 0 heterocycles. The van der Waals surface area contributed by atoms with Crippen LogP contribution in [0.4, 0.5) is 9.59 Å². The van der Waals surface area contributed by atoms with Crippen molar-refractivity contribution < 1.29 is 19.1 Å². The molecule has 0 spiro atoms. The van der Waals surface area contributed by atoms with Crippen molar-refractivity contribution in [3.8, 4) is 0 Å². The molecule has 0 aliphatic carbocycles. The smallest absolute Gasteiger partial charge is 0.410 e. The van der Waals surface area contributed by atoms with Crippen LogP contribution >= 0.6 is 0 Å². The molecular weight excluding hydrogens is 310 g/mol. The van der Waals surface area contributed by atoms with Gasteiger partial charge in [-0.2, -0.15) is 0 Å². The number of hydrogen-bond acceptors (Lipinski definition) is 5. The van der Waals surface area contributed by atoms with Gasteiger partial charge in [-0.15, -0.1) is 0 Å². The van der Waals surface area contributed by atoms with E-state index < -0.39 is 0 Å². The first-order chi connectivity index (χ1) is 11.6. The highest BCUT2D eigenvalue weighted by atomic mass is 16.6. The predicted octanol–water partition coefficient (Wildman–Crippen LogP) is 2.88. The molecule has 0 aliphatic heterocycles. The molecule has 0 radical (unpaired) electrons. The van der Waals surface area contributed by atoms with Crippen LogP contribution in [0.15, 0.2) is 0 Å². The van der Waals surface area contributed by atoms with E-state index in [1.165, 1.54) is 0 Å². The van der Waals surface area contributed by atoms with Gasteiger partial charge in [0.2, 0.25) is 0 Å². The maximum atomic E-state index is 12.1. The van der Waals surface area contributed by atoms with Crippen molar-refractivity contribution in [3.05, 3.63) is 0 Å². The summed E-state index contributed by atoms with van der Waals surface area (Å²) in [6, 6.07) is -0.0638. The molecule has 24 heavy (non-hydrogen) atoms. The average molecular weight is 345 g/mol. The van der Waals surface area contributed by atoms with Gasteiger partial charge in [0.1, 0.15) is 0 Å². The zero-order valence-electron chi connectivity index (χ0n) is 15.5. The number of amides is 2. The maximum Gasteiger partial charge on any atom is 0.410 e. The van der Waals surface area contributed by atoms with Gasteiger partial charge in [-0.25, -0.2) is 9.59 Å². The minimum Gasteiger partial charge on any atom is -0.450 e. The first-order valence-corrected chi connectivity index (χ1v) is 9.10. The number of rotatable bonds is 13. The van der Waals surface area contributed by atoms with Crippen LogP contribution in [0.2, 0.25) is 0 Å². The molecule has 2 amide bonds. The molecule has 7 heteroatoms. The van der Waals surface area contributed by atoms with E-state index in [0.29, 0.717) is 32.8 Å². The number of carbonyl (C=O) groups excluding carboxylic acids is 2. The minimum absolute atomic E-state index is 0.0638. The number of nitrogens with one attached hydrogen (secondary N) is 1. The van der Waals surface area contributed by atoms with Crippen LogP contribution in [0.1, 0.15) is 59.3 Å². The molecule has 3 N–H and O–H groups in total. The van der Waals surface area contributed by atoms with Crippen LogP contribution in [0.5, 0.6) is 0 Å². The van der Waals surface area contributed by atoms with Gasteiger partial charge in [0.15, 0.2) is 0 Å². The zero-order valence-corrected chi connectivity index (χ0v) is 15.5. The van der Waals surface area contributed by atoms with E-state index in [-0.39, 0.29) is 18.2 Å². The monoisotopic (exact) mass is 345 g/mol. The van der Waals surface area contributed by atoms with E-state index >= 15 is 0 Å². The van der Waals surface area contributed by atoms with E-state index in [2.05, 4.69) is 5.32 Å². The van der Waals surface area contributed by atoms with Crippen LogP contribution in [0.3, 0.4) is 0 Å². The fourth-order valence-corrected chi connectivity index (χ4v) is 1.96. The Kier molecular flexibility index (Phi) is 14.1. The molecule has 0 aliphatic rings. The van der Waals surface area contributed by atoms with Crippen molar-refractivity contribution in [2.24, 2.45) is 5.73 Å². The minimum atomic E-state index is -0.380. The van der Waals surface area contributed by atoms with Crippen LogP contribution in [0, 0.1) is 0 Å². The second-order valence-electron chi connectivity index (χ2n) is 5.87. The van der Waals surface area contributed by atoms with Crippen molar-refractivity contribution in [1.82, 2.24) is 10.2 Å². The summed E-state index contributed by atoms with van der Waals surface area (Å²) in [5, 5.41) is 2.71. The number of nitrogens with zero attached hydrogens (tertiary/aromatic N) is 1. The molecule has 0 aromatic heterocycles. The summed E-state index contributed by atoms with van der Waals surface area (Å²) in [5.41, 5.74) is 5.67. The number of unbranched alkanes of at least 4 members (excludes halogenated alkanes) is 3. The van der Waals surface area contributed by atoms with Gasteiger partial charge in [-0.05, 0) is 32.6 Å². The van der Waals surface area contributed by atoms with Crippen molar-refractivity contribution in [3.63, 3.8) is 0 Å². The molecule has 142 valence electrons. The number of carbonyl (C=O) groups is 2. The summed E-state index contributed by atoms with van der Waals surface area (Å²) in [5.74, 6) is 0. The largest absolute Gasteiger partial charge is 0.450 e. The highest BCUT2D eigenvalue weighted by Gasteiger charge is 2.19. The zero-order chi connectivity index (χ0) is 18.2. The summed E-state index contributed by atoms with van der Waals surface area (Å²) in [4.78, 5) is 25.1. The molecule has 0 saturated heterocycles. The normalized spacial score (nSPS) is 11.7. The lowest BCUT2D eigenvalue weighted by molar-refractivity contribution is 0.0879. The Hall–Kier alpha value is -1.50. The summed E-state index contributed by atoms with van der Waals surface area (Å²) >= 11 is 0. The van der Waals surface area contributed by atoms with Gasteiger partial charge in [-0.1, -0.05) is 26.7 Å². The van der Waals surface area contributed by atoms with Crippen LogP contribution < -0.4 is 11.1 Å². The van der Waals surface area contributed by atoms with Crippen molar-refractivity contribution in [2.45, 2.75) is 65.3 Å². The van der Waals surface area contributed by atoms with Gasteiger partial charge in [0.25, 0.3) is 0 Å². The lowest BCUT2D eigenvalue weighted by Gasteiger charge is -2.27. The SMILES string of the molecule is CCCCOC(=O)NCCCCN(C(=O)OCCCC)C(C)CN. The predicted molar refractivity (Wildman–Crippen MR) is 95.0 cm³/mol. The van der Waals surface area contributed by atoms with E-state index in [1.54, 1.807) is 4.90 Å². The Morgan fingerprint density at radius 2 is 1.67 bits per heavy atom. The van der Waals surface area contributed by atoms with E-state index in [9.17, 15) is 9.59 Å². The average Bonchev–Trinajstić information content (AvgIpc) is 2.57. The Labute approximate surface area is 146 Å². The molecule has 0 rings (SSSR count). The van der Waals surface area contributed by atoms with E-state index in [0.717, 1.165) is 38.5 Å². The first-order valence-electron chi connectivity index (χ1n) is 9.10. The van der Waals surface area contributed by atoms with Gasteiger partial charge in [0.05, 0.1) is 13.2 Å². The number of alkyl carbamates (subject to hydrolysis) is 1. The fraction of sp³-hybridized carbons (Fsp3) is 0.882. The molecule has 0 fully saturated rings. The fourth-order valence-electron chi connectivity index (χ4n) is 1.96. The molecule has 7 nitrogen and oxygen atoms in total. The van der Waals surface area contributed by atoms with Crippen molar-refractivity contribution in [1.29, 1.82) is 0 Å². The number of nitrogens with two attached hydrogens (primary N) is 1. The quantitative estimate of drug-likeness (QED) is 0.501. The summed E-state index contributed by atoms with van der Waals surface area (Å²) in [7, 11) is 0. The van der Waals surface area contributed by atoms with Crippen LogP contribution in [-0.4, -0.2) is 56.0 Å². The summed E-state index contributed by atoms with van der Waals surface area (Å²) < 4.78 is 10.3. The third-order valence-electron chi connectivity index (χ3n) is 3.66. The first kappa shape index (κ1) is 22.5. The molecule has 0 saturated carbocycles. The van der Waals surface area contributed by atoms with Crippen LogP contribution in [0.25, 0.3) is 0 Å². The summed E-state index contributed by atoms with van der Waals surface area (Å²) in [6.45, 7) is 8.38. The van der Waals surface area contributed by atoms with Gasteiger partial charge in [-0.3, -0.25) is 0 Å². The maximum absolute atomic E-state index is 12.1. The highest BCUT2D eigenvalue weighted by molar-refractivity contribution is 5.68. The van der Waals surface area contributed by atoms with Gasteiger partial charge < -0.3 is 25.4 Å². The van der Waals surface area contributed by atoms with Gasteiger partial charge in [0, 0.05) is 25.7 Å². The third kappa shape index (κ3) is 11.1. The lowest BCUT2D eigenvalue weighted by atomic mass is 10.2. The molecule has 0 aromatic rings. The Morgan fingerprint density at radius 3 is 2.25 bits per heavy atom. The van der Waals surface area contributed by atoms with E-state index in [1.807, 2.05) is 20.8 Å². The number of ether oxygens (including phenoxy) is 2. The van der Waals surface area contributed by atoms with Crippen LogP contribution in [-0.2, 0) is 9.47 Å². The van der Waals surface area contributed by atoms with Crippen molar-refractivity contribution >= 4 is 12.2 Å². The van der Waals surface area contributed by atoms with Crippen molar-refractivity contribution in [2.75, 3.05) is 32.8 Å². The second-order valence-corrected chi connectivity index (χ2v) is 5.87. The van der Waals surface area contributed by atoms with Gasteiger partial charge >= 0.3 is 12.2 Å². The highest BCUT2D eigenvalue weighted by Crippen LogP contribution is 2.05. The molecule has 0 aromatic carbocycles. The Morgan fingerprint density at radius 1 is 1.04 bits per heavy atom. The van der Waals surface area contributed by atoms with E-state index in [4.69, 9.17) is 15.2 Å². The standard InChI is InChI=1S/C17H35N3O4/c1-4-6-12-23-16(21)19-10-8-9-11-20(15(3)14-18)17(22)24-13-7-5-2/h15H,4-14,18H2,1-3H3,(H,19,21). The molecule has 1 unspecified atom stereocenters. The molecule has 0 bridgehead atoms.